The molecule has 0 atom stereocenters. The van der Waals surface area contributed by atoms with E-state index in [9.17, 15) is 0 Å². The van der Waals surface area contributed by atoms with Crippen LogP contribution in [0.1, 0.15) is 15.2 Å². The average molecular weight is 225 g/mol. The van der Waals surface area contributed by atoms with Gasteiger partial charge in [-0.15, -0.1) is 0 Å². The highest BCUT2D eigenvalue weighted by Gasteiger charge is 1.98. The molecule has 0 bridgehead atoms. The second-order valence-electron chi connectivity index (χ2n) is 3.87. The van der Waals surface area contributed by atoms with Crippen LogP contribution in [0.3, 0.4) is 0 Å². The van der Waals surface area contributed by atoms with Gasteiger partial charge in [0.05, 0.1) is 9.60 Å². The zero-order valence-corrected chi connectivity index (χ0v) is 9.31. The largest absolute Gasteiger partial charge is 0.0636 e. The zero-order valence-electron chi connectivity index (χ0n) is 16.3. The minimum atomic E-state index is -0.456. The van der Waals surface area contributed by atoms with E-state index < -0.39 is 12.1 Å². The molecule has 0 aliphatic rings. The number of aryl methyl sites for hydroxylation is 1. The summed E-state index contributed by atoms with van der Waals surface area (Å²) in [5.74, 6) is 0. The van der Waals surface area contributed by atoms with Crippen LogP contribution in [0.2, 0.25) is 0 Å². The first-order valence-electron chi connectivity index (χ1n) is 8.82. The van der Waals surface area contributed by atoms with Crippen molar-refractivity contribution in [3.8, 4) is 11.1 Å². The van der Waals surface area contributed by atoms with Crippen molar-refractivity contribution in [2.45, 2.75) is 6.92 Å². The minimum Gasteiger partial charge on any atom is -0.0616 e. The van der Waals surface area contributed by atoms with Crippen LogP contribution >= 0.6 is 0 Å². The Labute approximate surface area is 111 Å². The average Bonchev–Trinajstić information content (AvgIpc) is 2.56. The third-order valence-corrected chi connectivity index (χ3v) is 2.59. The predicted molar refractivity (Wildman–Crippen MR) is 74.1 cm³/mol. The van der Waals surface area contributed by atoms with Gasteiger partial charge in [0, 0.05) is 0 Å². The van der Waals surface area contributed by atoms with Crippen molar-refractivity contribution in [1.82, 2.24) is 0 Å². The maximum atomic E-state index is 8.42. The lowest BCUT2D eigenvalue weighted by molar-refractivity contribution is 1.47. The zero-order chi connectivity index (χ0) is 17.8. The number of hydrogen-bond donors (Lipinski definition) is 0. The van der Waals surface area contributed by atoms with Crippen molar-refractivity contribution < 1.29 is 9.60 Å². The van der Waals surface area contributed by atoms with Crippen LogP contribution in [-0.2, 0) is 0 Å². The van der Waals surface area contributed by atoms with E-state index in [1.165, 1.54) is 0 Å². The van der Waals surface area contributed by atoms with Crippen molar-refractivity contribution in [2.24, 2.45) is 0 Å². The van der Waals surface area contributed by atoms with E-state index in [0.29, 0.717) is 5.56 Å². The smallest absolute Gasteiger partial charge is 0.0616 e. The summed E-state index contributed by atoms with van der Waals surface area (Å²) in [5, 5.41) is -0.0931. The van der Waals surface area contributed by atoms with Gasteiger partial charge < -0.3 is 0 Å². The SMILES string of the molecule is [2H]c1c([2H])c([2H])c2c([2H])c(-c3ccc(C)cc3)c([2H])c([2H])c2c1[2H]. The van der Waals surface area contributed by atoms with Gasteiger partial charge in [0.25, 0.3) is 0 Å². The molecule has 0 spiro atoms. The molecule has 3 aromatic carbocycles. The number of rotatable bonds is 1. The highest BCUT2D eigenvalue weighted by Crippen LogP contribution is 2.24. The van der Waals surface area contributed by atoms with Gasteiger partial charge in [0.15, 0.2) is 0 Å². The van der Waals surface area contributed by atoms with Gasteiger partial charge in [-0.25, -0.2) is 0 Å². The van der Waals surface area contributed by atoms with Gasteiger partial charge in [-0.3, -0.25) is 0 Å². The molecule has 0 aliphatic carbocycles. The Bertz CT molecular complexity index is 975. The standard InChI is InChI=1S/C17H14/c1-13-6-8-15(9-7-13)17-11-10-14-4-2-3-5-16(14)12-17/h2-12H,1H3/i2D,3D,4D,5D,10D,11D,12D. The van der Waals surface area contributed by atoms with Crippen LogP contribution in [0, 0.1) is 6.92 Å². The first-order chi connectivity index (χ1) is 11.3. The van der Waals surface area contributed by atoms with Crippen LogP contribution in [0.25, 0.3) is 21.9 Å². The van der Waals surface area contributed by atoms with Crippen molar-refractivity contribution in [2.75, 3.05) is 0 Å². The highest BCUT2D eigenvalue weighted by molar-refractivity contribution is 5.87. The van der Waals surface area contributed by atoms with Crippen LogP contribution in [-0.4, -0.2) is 0 Å². The van der Waals surface area contributed by atoms with Crippen LogP contribution in [0.4, 0.5) is 0 Å². The van der Waals surface area contributed by atoms with Crippen molar-refractivity contribution in [3.05, 3.63) is 72.1 Å². The van der Waals surface area contributed by atoms with Gasteiger partial charge in [-0.2, -0.15) is 0 Å². The molecule has 0 amide bonds. The van der Waals surface area contributed by atoms with E-state index in [1.807, 2.05) is 19.1 Å². The summed E-state index contributed by atoms with van der Waals surface area (Å²) in [5.41, 5.74) is 1.81. The second kappa shape index (κ2) is 4.06. The maximum Gasteiger partial charge on any atom is 0.0636 e. The van der Waals surface area contributed by atoms with E-state index in [4.69, 9.17) is 9.60 Å². The van der Waals surface area contributed by atoms with Crippen molar-refractivity contribution >= 4 is 10.8 Å². The van der Waals surface area contributed by atoms with E-state index in [1.54, 1.807) is 12.1 Å². The van der Waals surface area contributed by atoms with Gasteiger partial charge in [0.1, 0.15) is 0 Å². The molecule has 3 rings (SSSR count). The summed E-state index contributed by atoms with van der Waals surface area (Å²) in [6.45, 7) is 1.92. The minimum absolute atomic E-state index is 0.0161. The van der Waals surface area contributed by atoms with E-state index >= 15 is 0 Å². The number of fused-ring (bicyclic) bond motifs is 1. The quantitative estimate of drug-likeness (QED) is 0.557. The fraction of sp³-hybridized carbons (Fsp3) is 0.0588. The number of benzene rings is 3. The molecule has 0 fully saturated rings. The molecule has 0 heterocycles. The van der Waals surface area contributed by atoms with Crippen LogP contribution in [0.5, 0.6) is 0 Å². The molecule has 0 saturated heterocycles. The Balaban J connectivity index is 2.53. The monoisotopic (exact) mass is 225 g/mol. The lowest BCUT2D eigenvalue weighted by Crippen LogP contribution is -1.79. The third kappa shape index (κ3) is 1.94. The number of hydrogen-bond acceptors (Lipinski definition) is 0. The molecule has 3 aromatic rings. The summed E-state index contributed by atoms with van der Waals surface area (Å²) in [6, 6.07) is 4.90. The lowest BCUT2D eigenvalue weighted by atomic mass is 10.0. The van der Waals surface area contributed by atoms with Crippen molar-refractivity contribution in [3.63, 3.8) is 0 Å². The second-order valence-corrected chi connectivity index (χ2v) is 3.87. The Hall–Kier alpha value is -2.08. The maximum absolute atomic E-state index is 8.42. The molecular weight excluding hydrogens is 204 g/mol. The first kappa shape index (κ1) is 5.05. The van der Waals surface area contributed by atoms with Crippen LogP contribution in [0.15, 0.2) is 66.6 Å². The third-order valence-electron chi connectivity index (χ3n) is 2.59. The molecule has 0 radical (unpaired) electrons. The molecule has 0 nitrogen and oxygen atoms in total. The predicted octanol–water partition coefficient (Wildman–Crippen LogP) is 4.82. The molecule has 82 valence electrons. The molecular formula is C17H14. The fourth-order valence-corrected chi connectivity index (χ4v) is 1.65. The van der Waals surface area contributed by atoms with Gasteiger partial charge in [-0.1, -0.05) is 66.1 Å². The molecule has 0 aromatic heterocycles. The Kier molecular flexibility index (Phi) is 1.21. The van der Waals surface area contributed by atoms with Gasteiger partial charge >= 0.3 is 0 Å². The Morgan fingerprint density at radius 2 is 1.47 bits per heavy atom. The molecule has 0 heteroatoms. The van der Waals surface area contributed by atoms with Gasteiger partial charge in [0.2, 0.25) is 0 Å². The summed E-state index contributed by atoms with van der Waals surface area (Å²) < 4.78 is 56.5. The normalized spacial score (nSPS) is 16.4. The molecule has 0 unspecified atom stereocenters. The van der Waals surface area contributed by atoms with E-state index in [-0.39, 0.29) is 46.5 Å². The van der Waals surface area contributed by atoms with Crippen LogP contribution < -0.4 is 0 Å². The topological polar surface area (TPSA) is 0 Å². The van der Waals surface area contributed by atoms with E-state index in [2.05, 4.69) is 0 Å². The molecule has 0 N–H and O–H groups in total. The molecule has 0 saturated carbocycles. The Morgan fingerprint density at radius 1 is 0.765 bits per heavy atom. The molecule has 17 heavy (non-hydrogen) atoms. The fourth-order valence-electron chi connectivity index (χ4n) is 1.65. The Morgan fingerprint density at radius 3 is 2.24 bits per heavy atom. The lowest BCUT2D eigenvalue weighted by Gasteiger charge is -2.04. The summed E-state index contributed by atoms with van der Waals surface area (Å²) in [4.78, 5) is 0. The summed E-state index contributed by atoms with van der Waals surface area (Å²) in [7, 11) is 0. The van der Waals surface area contributed by atoms with Crippen molar-refractivity contribution in [1.29, 1.82) is 0 Å². The summed E-state index contributed by atoms with van der Waals surface area (Å²) >= 11 is 0. The molecule has 0 aliphatic heterocycles. The highest BCUT2D eigenvalue weighted by atomic mass is 14.0. The van der Waals surface area contributed by atoms with Gasteiger partial charge in [-0.05, 0) is 34.9 Å². The van der Waals surface area contributed by atoms with E-state index in [0.717, 1.165) is 5.56 Å². The first-order valence-corrected chi connectivity index (χ1v) is 5.32. The summed E-state index contributed by atoms with van der Waals surface area (Å²) in [6.07, 6.45) is 0.